The average molecular weight is 741 g/mol. The summed E-state index contributed by atoms with van der Waals surface area (Å²) in [6.45, 7) is 35.5. The first kappa shape index (κ1) is 51.7. The third-order valence-corrected chi connectivity index (χ3v) is 13.3. The van der Waals surface area contributed by atoms with Crippen LogP contribution in [0.1, 0.15) is 80.6 Å². The Morgan fingerprint density at radius 2 is 1.63 bits per heavy atom. The van der Waals surface area contributed by atoms with Crippen LogP contribution in [0.5, 0.6) is 0 Å². The largest absolute Gasteiger partial charge is 0 e. The van der Waals surface area contributed by atoms with Crippen LogP contribution in [0.4, 0.5) is 0 Å². The van der Waals surface area contributed by atoms with Crippen LogP contribution >= 0.6 is 0 Å². The fourth-order valence-corrected chi connectivity index (χ4v) is 8.73. The second kappa shape index (κ2) is 28.9. The van der Waals surface area contributed by atoms with Gasteiger partial charge in [0.15, 0.2) is 14.1 Å². The van der Waals surface area contributed by atoms with E-state index < -0.39 is 26.1 Å². The number of hydrogen-bond acceptors (Lipinski definition) is 6. The SMILES string of the molecule is C#CC[C@@H](C)[C@@H](OC(=O)[C@@H](C)[CH][CH][CH][CH2])[C@H](O[Si](CC)(CC)CC)[C@@H]1CC[C@H](CC/C=C/[C@H]2OC(C)(C)O[C@@H]2C=C)O1.[C-]#[O+].[C-]#[O+].[C-]#[O+].[Fe]. The van der Waals surface area contributed by atoms with Crippen LogP contribution in [0.3, 0.4) is 0 Å². The Labute approximate surface area is 308 Å². The molecule has 0 aromatic carbocycles. The van der Waals surface area contributed by atoms with Gasteiger partial charge in [0.1, 0.15) is 24.4 Å². The number of rotatable bonds is 19. The van der Waals surface area contributed by atoms with Crippen LogP contribution in [0, 0.1) is 70.3 Å². The zero-order valence-corrected chi connectivity index (χ0v) is 32.4. The van der Waals surface area contributed by atoms with Gasteiger partial charge in [-0.15, -0.1) is 18.9 Å². The molecule has 49 heavy (non-hydrogen) atoms. The molecule has 9 nitrogen and oxygen atoms in total. The monoisotopic (exact) mass is 740 g/mol. The molecular weight excluding hydrogens is 684 g/mol. The van der Waals surface area contributed by atoms with Crippen molar-refractivity contribution in [3.05, 3.63) is 70.9 Å². The van der Waals surface area contributed by atoms with Crippen LogP contribution in [0.25, 0.3) is 0 Å². The van der Waals surface area contributed by atoms with E-state index in [1.807, 2.05) is 20.8 Å². The molecule has 0 aliphatic carbocycles. The summed E-state index contributed by atoms with van der Waals surface area (Å²) in [5, 5.41) is 0. The molecule has 11 heteroatoms. The summed E-state index contributed by atoms with van der Waals surface area (Å²) in [5.74, 6) is 1.40. The first-order valence-corrected chi connectivity index (χ1v) is 19.0. The van der Waals surface area contributed by atoms with Crippen molar-refractivity contribution in [3.8, 4) is 12.3 Å². The van der Waals surface area contributed by atoms with Crippen molar-refractivity contribution < 1.29 is 59.2 Å². The van der Waals surface area contributed by atoms with E-state index in [9.17, 15) is 4.79 Å². The Hall–Kier alpha value is -1.69. The Bertz CT molecular complexity index is 1010. The molecular formula is C38H56FeO9Si. The normalized spacial score (nSPS) is 23.2. The number of terminal acetylenes is 1. The van der Waals surface area contributed by atoms with Crippen molar-refractivity contribution in [1.82, 2.24) is 0 Å². The molecule has 2 fully saturated rings. The molecule has 2 heterocycles. The van der Waals surface area contributed by atoms with Gasteiger partial charge >= 0.3 is 39.9 Å². The number of esters is 1. The number of carbonyl (C=O) groups excluding carboxylic acids is 1. The van der Waals surface area contributed by atoms with Gasteiger partial charge in [0, 0.05) is 29.4 Å². The van der Waals surface area contributed by atoms with Crippen LogP contribution in [-0.4, -0.2) is 56.7 Å². The zero-order valence-electron chi connectivity index (χ0n) is 30.3. The minimum absolute atomic E-state index is 0. The van der Waals surface area contributed by atoms with Gasteiger partial charge in [-0.2, -0.15) is 0 Å². The van der Waals surface area contributed by atoms with Gasteiger partial charge in [0.2, 0.25) is 0 Å². The van der Waals surface area contributed by atoms with Crippen LogP contribution in [-0.2, 0) is 59.2 Å². The molecule has 0 aromatic heterocycles. The van der Waals surface area contributed by atoms with Crippen LogP contribution < -0.4 is 0 Å². The third kappa shape index (κ3) is 17.9. The topological polar surface area (TPSA) is 123 Å². The number of ether oxygens (including phenoxy) is 4. The second-order valence-electron chi connectivity index (χ2n) is 12.2. The number of unbranched alkanes of at least 4 members (excludes halogenated alkanes) is 1. The number of carbonyl (C=O) groups is 1. The summed E-state index contributed by atoms with van der Waals surface area (Å²) in [6.07, 6.45) is 19.8. The van der Waals surface area contributed by atoms with E-state index in [1.54, 1.807) is 25.3 Å². The van der Waals surface area contributed by atoms with Gasteiger partial charge in [0.25, 0.3) is 0 Å². The molecule has 274 valence electrons. The standard InChI is InChI=1S/C35H56O6Si.3CO.Fe/c1-11-17-21-27(8)34(36)38-32(26(7)20-12-2)33(41-42(14-4,15-5)16-6)31-25-24-28(37-31)22-18-19-23-30-29(13-3)39-35(9,10)40-30;3*1-2;/h2,11,13,17,19,21,23,26-33H,1,3,14-16,18,20,22,24-25H2,4-10H3;;;;/b23-19+;;;;/t26-,27+,28+,29-,30-,31+,32-,33-;;;;/m1..../s1. The van der Waals surface area contributed by atoms with Crippen LogP contribution in [0.2, 0.25) is 18.1 Å². The van der Waals surface area contributed by atoms with E-state index in [-0.39, 0.29) is 59.5 Å². The van der Waals surface area contributed by atoms with Crippen LogP contribution in [0.15, 0.2) is 24.8 Å². The van der Waals surface area contributed by atoms with Crippen molar-refractivity contribution in [2.75, 3.05) is 0 Å². The Balaban J connectivity index is -0.00000286. The summed E-state index contributed by atoms with van der Waals surface area (Å²) < 4.78 is 54.5. The molecule has 0 aromatic rings. The van der Waals surface area contributed by atoms with E-state index >= 15 is 0 Å². The molecule has 0 saturated carbocycles. The fourth-order valence-electron chi connectivity index (χ4n) is 5.87. The summed E-state index contributed by atoms with van der Waals surface area (Å²) in [4.78, 5) is 13.2. The minimum atomic E-state index is -2.06. The molecule has 2 aliphatic heterocycles. The summed E-state index contributed by atoms with van der Waals surface area (Å²) in [6, 6.07) is 2.99. The first-order valence-electron chi connectivity index (χ1n) is 16.5. The van der Waals surface area contributed by atoms with E-state index in [2.05, 4.69) is 79.2 Å². The minimum Gasteiger partial charge on any atom is 0 e. The summed E-state index contributed by atoms with van der Waals surface area (Å²) >= 11 is 0. The molecule has 0 amide bonds. The third-order valence-electron chi connectivity index (χ3n) is 8.69. The molecule has 0 spiro atoms. The molecule has 2 rings (SSSR count). The average Bonchev–Trinajstić information content (AvgIpc) is 3.71. The number of hydrogen-bond donors (Lipinski definition) is 0. The molecule has 8 atom stereocenters. The van der Waals surface area contributed by atoms with E-state index in [0.29, 0.717) is 6.42 Å². The Kier molecular flexibility index (Phi) is 30.5. The molecule has 0 N–H and O–H groups in total. The second-order valence-corrected chi connectivity index (χ2v) is 16.9. The molecule has 4 radical (unpaired) electrons. The van der Waals surface area contributed by atoms with E-state index in [0.717, 1.165) is 43.8 Å². The summed E-state index contributed by atoms with van der Waals surface area (Å²) in [5.41, 5.74) is 0. The van der Waals surface area contributed by atoms with Gasteiger partial charge < -0.3 is 23.4 Å². The van der Waals surface area contributed by atoms with Crippen molar-refractivity contribution in [3.63, 3.8) is 0 Å². The molecule has 0 bridgehead atoms. The van der Waals surface area contributed by atoms with Gasteiger partial charge in [-0.25, -0.2) is 0 Å². The van der Waals surface area contributed by atoms with Gasteiger partial charge in [0.05, 0.1) is 18.1 Å². The smallest absolute Gasteiger partial charge is 0 e. The maximum Gasteiger partial charge on any atom is 0 e. The predicted octanol–water partition coefficient (Wildman–Crippen LogP) is 7.51. The van der Waals surface area contributed by atoms with Crippen molar-refractivity contribution in [1.29, 1.82) is 0 Å². The van der Waals surface area contributed by atoms with Crippen molar-refractivity contribution in [2.24, 2.45) is 11.8 Å². The maximum atomic E-state index is 13.2. The van der Waals surface area contributed by atoms with Crippen molar-refractivity contribution in [2.45, 2.75) is 141 Å². The first-order chi connectivity index (χ1) is 23.0. The Morgan fingerprint density at radius 1 is 1.06 bits per heavy atom. The zero-order chi connectivity index (χ0) is 37.3. The van der Waals surface area contributed by atoms with E-state index in [1.165, 1.54) is 0 Å². The number of allylic oxidation sites excluding steroid dienone is 1. The van der Waals surface area contributed by atoms with Gasteiger partial charge in [-0.1, -0.05) is 52.8 Å². The van der Waals surface area contributed by atoms with E-state index in [4.69, 9.17) is 43.8 Å². The van der Waals surface area contributed by atoms with Gasteiger partial charge in [-0.05, 0) is 83.8 Å². The molecule has 2 aliphatic rings. The maximum absolute atomic E-state index is 13.2. The quantitative estimate of drug-likeness (QED) is 0.0338. The van der Waals surface area contributed by atoms with Crippen molar-refractivity contribution >= 4 is 14.3 Å². The molecule has 0 unspecified atom stereocenters. The Morgan fingerprint density at radius 3 is 2.14 bits per heavy atom. The summed E-state index contributed by atoms with van der Waals surface area (Å²) in [7, 11) is -2.06. The fraction of sp³-hybridized carbons (Fsp3) is 0.632. The molecule has 2 saturated heterocycles. The predicted molar refractivity (Wildman–Crippen MR) is 184 cm³/mol. The van der Waals surface area contributed by atoms with Gasteiger partial charge in [-0.3, -0.25) is 4.79 Å².